The molecule has 0 bridgehead atoms. The van der Waals surface area contributed by atoms with E-state index in [0.717, 1.165) is 16.3 Å². The number of amides is 2. The van der Waals surface area contributed by atoms with Crippen molar-refractivity contribution in [1.29, 1.82) is 0 Å². The summed E-state index contributed by atoms with van der Waals surface area (Å²) in [5.41, 5.74) is 1.98. The summed E-state index contributed by atoms with van der Waals surface area (Å²) in [5, 5.41) is 3.41. The Bertz CT molecular complexity index is 1410. The highest BCUT2D eigenvalue weighted by Gasteiger charge is 2.32. The minimum atomic E-state index is -4.16. The topological polar surface area (TPSA) is 96.0 Å². The number of halogens is 1. The molecule has 0 radical (unpaired) electrons. The van der Waals surface area contributed by atoms with Gasteiger partial charge in [0, 0.05) is 17.6 Å². The van der Waals surface area contributed by atoms with Gasteiger partial charge in [-0.2, -0.15) is 0 Å². The number of hydrogen-bond donors (Lipinski definition) is 1. The fourth-order valence-electron chi connectivity index (χ4n) is 3.99. The molecular weight excluding hydrogens is 550 g/mol. The second-order valence-corrected chi connectivity index (χ2v) is 12.0. The Morgan fingerprint density at radius 2 is 1.65 bits per heavy atom. The third kappa shape index (κ3) is 7.76. The van der Waals surface area contributed by atoms with Crippen LogP contribution in [0.2, 0.25) is 5.02 Å². The predicted octanol–water partition coefficient (Wildman–Crippen LogP) is 5.18. The molecule has 0 saturated heterocycles. The van der Waals surface area contributed by atoms with Crippen LogP contribution in [0.15, 0.2) is 77.7 Å². The molecule has 3 aromatic carbocycles. The molecule has 1 N–H and O–H groups in total. The first-order chi connectivity index (χ1) is 19.0. The van der Waals surface area contributed by atoms with Crippen LogP contribution in [0.25, 0.3) is 0 Å². The van der Waals surface area contributed by atoms with Gasteiger partial charge in [0.2, 0.25) is 11.8 Å². The largest absolute Gasteiger partial charge is 0.497 e. The summed E-state index contributed by atoms with van der Waals surface area (Å²) in [6, 6.07) is 18.9. The molecule has 0 saturated carbocycles. The zero-order chi connectivity index (χ0) is 29.4. The number of carbonyl (C=O) groups is 2. The highest BCUT2D eigenvalue weighted by Crippen LogP contribution is 2.26. The first-order valence-electron chi connectivity index (χ1n) is 13.0. The second kappa shape index (κ2) is 13.7. The number of nitrogens with one attached hydrogen (secondary N) is 1. The fraction of sp³-hybridized carbons (Fsp3) is 0.333. The molecule has 2 amide bonds. The van der Waals surface area contributed by atoms with Crippen molar-refractivity contribution in [2.24, 2.45) is 0 Å². The summed E-state index contributed by atoms with van der Waals surface area (Å²) >= 11 is 6.18. The Labute approximate surface area is 241 Å². The number of carbonyl (C=O) groups excluding carboxylic acids is 2. The summed E-state index contributed by atoms with van der Waals surface area (Å²) < 4.78 is 34.0. The summed E-state index contributed by atoms with van der Waals surface area (Å²) in [4.78, 5) is 28.5. The van der Waals surface area contributed by atoms with Crippen LogP contribution in [0.4, 0.5) is 5.69 Å². The third-order valence-electron chi connectivity index (χ3n) is 6.66. The molecule has 0 aliphatic rings. The third-order valence-corrected chi connectivity index (χ3v) is 8.68. The minimum absolute atomic E-state index is 0.00521. The van der Waals surface area contributed by atoms with E-state index in [-0.39, 0.29) is 23.4 Å². The van der Waals surface area contributed by atoms with Crippen molar-refractivity contribution in [3.8, 4) is 5.75 Å². The lowest BCUT2D eigenvalue weighted by Crippen LogP contribution is -2.52. The average molecular weight is 586 g/mol. The smallest absolute Gasteiger partial charge is 0.264 e. The molecule has 3 rings (SSSR count). The van der Waals surface area contributed by atoms with Crippen LogP contribution in [-0.2, 0) is 26.2 Å². The first-order valence-corrected chi connectivity index (χ1v) is 14.9. The van der Waals surface area contributed by atoms with Crippen molar-refractivity contribution in [2.45, 2.75) is 57.6 Å². The van der Waals surface area contributed by atoms with Gasteiger partial charge in [0.25, 0.3) is 10.0 Å². The number of nitrogens with zero attached hydrogens (tertiary/aromatic N) is 2. The summed E-state index contributed by atoms with van der Waals surface area (Å²) in [5.74, 6) is -0.361. The summed E-state index contributed by atoms with van der Waals surface area (Å²) in [7, 11) is -2.67. The number of anilines is 1. The number of hydrogen-bond acceptors (Lipinski definition) is 5. The van der Waals surface area contributed by atoms with E-state index in [1.54, 1.807) is 67.6 Å². The standard InChI is InChI=1S/C30H36ClN3O5S/c1-6-22(3)32-30(36)23(4)33(19-24-8-7-9-25(31)18-24)29(35)20-34(26-12-10-21(2)11-13-26)40(37,38)28-16-14-27(39-5)15-17-28/h7-18,22-23H,6,19-20H2,1-5H3,(H,32,36)/t22-,23+/m0/s1. The fourth-order valence-corrected chi connectivity index (χ4v) is 5.62. The van der Waals surface area contributed by atoms with E-state index >= 15 is 0 Å². The van der Waals surface area contributed by atoms with E-state index in [2.05, 4.69) is 5.32 Å². The number of sulfonamides is 1. The number of benzene rings is 3. The molecule has 40 heavy (non-hydrogen) atoms. The highest BCUT2D eigenvalue weighted by molar-refractivity contribution is 7.92. The monoisotopic (exact) mass is 585 g/mol. The van der Waals surface area contributed by atoms with Crippen LogP contribution in [0.5, 0.6) is 5.75 Å². The lowest BCUT2D eigenvalue weighted by molar-refractivity contribution is -0.139. The van der Waals surface area contributed by atoms with Gasteiger partial charge >= 0.3 is 0 Å². The maximum absolute atomic E-state index is 13.9. The van der Waals surface area contributed by atoms with Gasteiger partial charge < -0.3 is 15.0 Å². The molecule has 214 valence electrons. The lowest BCUT2D eigenvalue weighted by Gasteiger charge is -2.32. The number of rotatable bonds is 12. The zero-order valence-corrected chi connectivity index (χ0v) is 25.0. The van der Waals surface area contributed by atoms with E-state index in [0.29, 0.717) is 22.0 Å². The number of methoxy groups -OCH3 is 1. The van der Waals surface area contributed by atoms with Crippen LogP contribution in [0.1, 0.15) is 38.3 Å². The molecule has 10 heteroatoms. The van der Waals surface area contributed by atoms with Crippen molar-refractivity contribution in [1.82, 2.24) is 10.2 Å². The molecule has 0 aliphatic carbocycles. The number of aryl methyl sites for hydroxylation is 1. The molecule has 3 aromatic rings. The Kier molecular flexibility index (Phi) is 10.6. The Hall–Kier alpha value is -3.56. The summed E-state index contributed by atoms with van der Waals surface area (Å²) in [6.45, 7) is 6.91. The van der Waals surface area contributed by atoms with Gasteiger partial charge in [-0.1, -0.05) is 48.4 Å². The molecule has 0 spiro atoms. The molecule has 0 unspecified atom stereocenters. The van der Waals surface area contributed by atoms with Crippen molar-refractivity contribution >= 4 is 39.1 Å². The Morgan fingerprint density at radius 3 is 2.23 bits per heavy atom. The molecular formula is C30H36ClN3O5S. The molecule has 8 nitrogen and oxygen atoms in total. The van der Waals surface area contributed by atoms with Gasteiger partial charge in [-0.3, -0.25) is 13.9 Å². The van der Waals surface area contributed by atoms with Crippen LogP contribution < -0.4 is 14.4 Å². The molecule has 0 fully saturated rings. The Balaban J connectivity index is 2.02. The predicted molar refractivity (Wildman–Crippen MR) is 158 cm³/mol. The van der Waals surface area contributed by atoms with Gasteiger partial charge in [-0.25, -0.2) is 8.42 Å². The summed E-state index contributed by atoms with van der Waals surface area (Å²) in [6.07, 6.45) is 0.724. The van der Waals surface area contributed by atoms with Crippen molar-refractivity contribution in [3.63, 3.8) is 0 Å². The normalized spacial score (nSPS) is 12.8. The van der Waals surface area contributed by atoms with Gasteiger partial charge in [-0.15, -0.1) is 0 Å². The van der Waals surface area contributed by atoms with E-state index in [1.165, 1.54) is 24.1 Å². The van der Waals surface area contributed by atoms with Gasteiger partial charge in [0.15, 0.2) is 0 Å². The maximum atomic E-state index is 13.9. The second-order valence-electron chi connectivity index (χ2n) is 9.67. The van der Waals surface area contributed by atoms with Gasteiger partial charge in [0.1, 0.15) is 18.3 Å². The van der Waals surface area contributed by atoms with E-state index in [1.807, 2.05) is 20.8 Å². The first kappa shape index (κ1) is 31.0. The van der Waals surface area contributed by atoms with Crippen LogP contribution in [0, 0.1) is 6.92 Å². The Morgan fingerprint density at radius 1 is 1.00 bits per heavy atom. The molecule has 0 aliphatic heterocycles. The maximum Gasteiger partial charge on any atom is 0.264 e. The highest BCUT2D eigenvalue weighted by atomic mass is 35.5. The van der Waals surface area contributed by atoms with Gasteiger partial charge in [0.05, 0.1) is 17.7 Å². The quantitative estimate of drug-likeness (QED) is 0.316. The minimum Gasteiger partial charge on any atom is -0.497 e. The molecule has 0 heterocycles. The van der Waals surface area contributed by atoms with Crippen molar-refractivity contribution < 1.29 is 22.7 Å². The van der Waals surface area contributed by atoms with E-state index in [4.69, 9.17) is 16.3 Å². The van der Waals surface area contributed by atoms with Crippen molar-refractivity contribution in [2.75, 3.05) is 18.0 Å². The van der Waals surface area contributed by atoms with Crippen LogP contribution >= 0.6 is 11.6 Å². The lowest BCUT2D eigenvalue weighted by atomic mass is 10.1. The van der Waals surface area contributed by atoms with Crippen LogP contribution in [0.3, 0.4) is 0 Å². The van der Waals surface area contributed by atoms with E-state index < -0.39 is 28.5 Å². The average Bonchev–Trinajstić information content (AvgIpc) is 2.94. The molecule has 2 atom stereocenters. The van der Waals surface area contributed by atoms with Gasteiger partial charge in [-0.05, 0) is 81.3 Å². The van der Waals surface area contributed by atoms with Crippen molar-refractivity contribution in [3.05, 3.63) is 88.9 Å². The SMILES string of the molecule is CC[C@H](C)NC(=O)[C@@H](C)N(Cc1cccc(Cl)c1)C(=O)CN(c1ccc(C)cc1)S(=O)(=O)c1ccc(OC)cc1. The molecule has 0 aromatic heterocycles. The zero-order valence-electron chi connectivity index (χ0n) is 23.4. The van der Waals surface area contributed by atoms with E-state index in [9.17, 15) is 18.0 Å². The number of ether oxygens (including phenoxy) is 1. The van der Waals surface area contributed by atoms with Crippen LogP contribution in [-0.4, -0.2) is 50.9 Å².